The van der Waals surface area contributed by atoms with Gasteiger partial charge in [-0.1, -0.05) is 32.0 Å². The second-order valence-corrected chi connectivity index (χ2v) is 5.46. The number of para-hydroxylation sites is 1. The van der Waals surface area contributed by atoms with Gasteiger partial charge in [-0.05, 0) is 50.5 Å². The van der Waals surface area contributed by atoms with Crippen LogP contribution in [0.25, 0.3) is 0 Å². The van der Waals surface area contributed by atoms with Crippen molar-refractivity contribution in [3.05, 3.63) is 29.8 Å². The molecule has 2 nitrogen and oxygen atoms in total. The zero-order valence-electron chi connectivity index (χ0n) is 11.2. The van der Waals surface area contributed by atoms with Crippen molar-refractivity contribution in [3.63, 3.8) is 0 Å². The highest BCUT2D eigenvalue weighted by molar-refractivity contribution is 5.53. The first-order valence-corrected chi connectivity index (χ1v) is 6.71. The quantitative estimate of drug-likeness (QED) is 0.860. The maximum atomic E-state index is 3.72. The molecule has 0 radical (unpaired) electrons. The Balaban J connectivity index is 2.03. The van der Waals surface area contributed by atoms with Crippen LogP contribution < -0.4 is 5.32 Å². The molecule has 0 saturated carbocycles. The monoisotopic (exact) mass is 232 g/mol. The second-order valence-electron chi connectivity index (χ2n) is 5.46. The molecule has 2 rings (SSSR count). The number of rotatable bonds is 3. The van der Waals surface area contributed by atoms with E-state index in [1.165, 1.54) is 37.2 Å². The molecule has 0 unspecified atom stereocenters. The summed E-state index contributed by atoms with van der Waals surface area (Å²) in [6.45, 7) is 6.94. The van der Waals surface area contributed by atoms with Crippen LogP contribution in [0.2, 0.25) is 0 Å². The molecule has 1 aliphatic heterocycles. The highest BCUT2D eigenvalue weighted by Crippen LogP contribution is 2.25. The van der Waals surface area contributed by atoms with E-state index in [1.54, 1.807) is 0 Å². The molecule has 2 heteroatoms. The molecule has 1 aromatic carbocycles. The Labute approximate surface area is 105 Å². The SMILES string of the molecule is CC(C)c1ccccc1NC1CCN(C)CC1. The molecule has 0 aliphatic carbocycles. The predicted molar refractivity (Wildman–Crippen MR) is 74.7 cm³/mol. The van der Waals surface area contributed by atoms with Crippen LogP contribution in [0.1, 0.15) is 38.2 Å². The molecule has 0 bridgehead atoms. The smallest absolute Gasteiger partial charge is 0.0377 e. The molecule has 0 atom stereocenters. The lowest BCUT2D eigenvalue weighted by atomic mass is 9.99. The van der Waals surface area contributed by atoms with Gasteiger partial charge in [0.25, 0.3) is 0 Å². The molecule has 1 fully saturated rings. The molecule has 1 heterocycles. The third-order valence-electron chi connectivity index (χ3n) is 3.66. The van der Waals surface area contributed by atoms with Gasteiger partial charge in [0.2, 0.25) is 0 Å². The normalized spacial score (nSPS) is 18.6. The van der Waals surface area contributed by atoms with Gasteiger partial charge in [-0.3, -0.25) is 0 Å². The largest absolute Gasteiger partial charge is 0.382 e. The number of hydrogen-bond donors (Lipinski definition) is 1. The van der Waals surface area contributed by atoms with E-state index in [0.29, 0.717) is 12.0 Å². The fraction of sp³-hybridized carbons (Fsp3) is 0.600. The Bertz CT molecular complexity index is 352. The zero-order chi connectivity index (χ0) is 12.3. The van der Waals surface area contributed by atoms with Gasteiger partial charge in [0.05, 0.1) is 0 Å². The Kier molecular flexibility index (Phi) is 4.06. The van der Waals surface area contributed by atoms with Crippen LogP contribution in [-0.2, 0) is 0 Å². The first kappa shape index (κ1) is 12.4. The number of nitrogens with one attached hydrogen (secondary N) is 1. The van der Waals surface area contributed by atoms with Crippen LogP contribution >= 0.6 is 0 Å². The van der Waals surface area contributed by atoms with Crippen molar-refractivity contribution >= 4 is 5.69 Å². The zero-order valence-corrected chi connectivity index (χ0v) is 11.2. The average Bonchev–Trinajstić information content (AvgIpc) is 2.32. The number of piperidine rings is 1. The number of nitrogens with zero attached hydrogens (tertiary/aromatic N) is 1. The fourth-order valence-electron chi connectivity index (χ4n) is 2.50. The third-order valence-corrected chi connectivity index (χ3v) is 3.66. The predicted octanol–water partition coefficient (Wildman–Crippen LogP) is 3.32. The van der Waals surface area contributed by atoms with E-state index >= 15 is 0 Å². The van der Waals surface area contributed by atoms with Gasteiger partial charge in [-0.25, -0.2) is 0 Å². The van der Waals surface area contributed by atoms with Gasteiger partial charge in [-0.2, -0.15) is 0 Å². The van der Waals surface area contributed by atoms with E-state index in [1.807, 2.05) is 0 Å². The van der Waals surface area contributed by atoms with Crippen molar-refractivity contribution in [2.75, 3.05) is 25.5 Å². The summed E-state index contributed by atoms with van der Waals surface area (Å²) in [6, 6.07) is 9.36. The second kappa shape index (κ2) is 5.54. The Morgan fingerprint density at radius 3 is 2.47 bits per heavy atom. The standard InChI is InChI=1S/C15H24N2/c1-12(2)14-6-4-5-7-15(14)16-13-8-10-17(3)11-9-13/h4-7,12-13,16H,8-11H2,1-3H3. The summed E-state index contributed by atoms with van der Waals surface area (Å²) in [7, 11) is 2.21. The minimum absolute atomic E-state index is 0.588. The number of hydrogen-bond acceptors (Lipinski definition) is 2. The van der Waals surface area contributed by atoms with E-state index < -0.39 is 0 Å². The summed E-state index contributed by atoms with van der Waals surface area (Å²) < 4.78 is 0. The minimum atomic E-state index is 0.588. The molecule has 1 aromatic rings. The summed E-state index contributed by atoms with van der Waals surface area (Å²) in [4.78, 5) is 2.41. The van der Waals surface area contributed by atoms with Crippen LogP contribution in [0.3, 0.4) is 0 Å². The van der Waals surface area contributed by atoms with E-state index in [0.717, 1.165) is 0 Å². The van der Waals surface area contributed by atoms with Gasteiger partial charge >= 0.3 is 0 Å². The maximum Gasteiger partial charge on any atom is 0.0377 e. The molecular weight excluding hydrogens is 208 g/mol. The van der Waals surface area contributed by atoms with E-state index in [2.05, 4.69) is 55.4 Å². The van der Waals surface area contributed by atoms with Crippen molar-refractivity contribution in [3.8, 4) is 0 Å². The van der Waals surface area contributed by atoms with E-state index in [9.17, 15) is 0 Å². The lowest BCUT2D eigenvalue weighted by Crippen LogP contribution is -2.36. The molecule has 0 aromatic heterocycles. The van der Waals surface area contributed by atoms with Crippen molar-refractivity contribution in [1.82, 2.24) is 4.90 Å². The summed E-state index contributed by atoms with van der Waals surface area (Å²) in [5.41, 5.74) is 2.77. The Morgan fingerprint density at radius 1 is 1.18 bits per heavy atom. The van der Waals surface area contributed by atoms with Crippen molar-refractivity contribution in [1.29, 1.82) is 0 Å². The van der Waals surface area contributed by atoms with E-state index in [4.69, 9.17) is 0 Å². The van der Waals surface area contributed by atoms with Gasteiger partial charge < -0.3 is 10.2 Å². The number of likely N-dealkylation sites (tertiary alicyclic amines) is 1. The topological polar surface area (TPSA) is 15.3 Å². The molecule has 94 valence electrons. The summed E-state index contributed by atoms with van der Waals surface area (Å²) in [5.74, 6) is 0.588. The highest BCUT2D eigenvalue weighted by atomic mass is 15.1. The summed E-state index contributed by atoms with van der Waals surface area (Å²) >= 11 is 0. The average molecular weight is 232 g/mol. The van der Waals surface area contributed by atoms with Gasteiger partial charge in [0.15, 0.2) is 0 Å². The fourth-order valence-corrected chi connectivity index (χ4v) is 2.50. The molecule has 1 saturated heterocycles. The van der Waals surface area contributed by atoms with Crippen LogP contribution in [0.5, 0.6) is 0 Å². The first-order chi connectivity index (χ1) is 8.16. The van der Waals surface area contributed by atoms with Gasteiger partial charge in [0, 0.05) is 11.7 Å². The van der Waals surface area contributed by atoms with Crippen LogP contribution in [0.15, 0.2) is 24.3 Å². The lowest BCUT2D eigenvalue weighted by molar-refractivity contribution is 0.264. The number of anilines is 1. The molecule has 1 aliphatic rings. The molecule has 0 amide bonds. The Hall–Kier alpha value is -1.02. The van der Waals surface area contributed by atoms with Crippen molar-refractivity contribution in [2.45, 2.75) is 38.6 Å². The molecule has 1 N–H and O–H groups in total. The lowest BCUT2D eigenvalue weighted by Gasteiger charge is -2.31. The van der Waals surface area contributed by atoms with Crippen LogP contribution in [0, 0.1) is 0 Å². The summed E-state index contributed by atoms with van der Waals surface area (Å²) in [6.07, 6.45) is 2.51. The Morgan fingerprint density at radius 2 is 1.82 bits per heavy atom. The minimum Gasteiger partial charge on any atom is -0.382 e. The molecule has 0 spiro atoms. The third kappa shape index (κ3) is 3.22. The van der Waals surface area contributed by atoms with E-state index in [-0.39, 0.29) is 0 Å². The summed E-state index contributed by atoms with van der Waals surface area (Å²) in [5, 5.41) is 3.72. The molecule has 17 heavy (non-hydrogen) atoms. The van der Waals surface area contributed by atoms with Gasteiger partial charge in [0.1, 0.15) is 0 Å². The van der Waals surface area contributed by atoms with Crippen molar-refractivity contribution in [2.24, 2.45) is 0 Å². The molecular formula is C15H24N2. The van der Waals surface area contributed by atoms with Gasteiger partial charge in [-0.15, -0.1) is 0 Å². The maximum absolute atomic E-state index is 3.72. The van der Waals surface area contributed by atoms with Crippen molar-refractivity contribution < 1.29 is 0 Å². The first-order valence-electron chi connectivity index (χ1n) is 6.71. The highest BCUT2D eigenvalue weighted by Gasteiger charge is 2.17. The number of benzene rings is 1. The van der Waals surface area contributed by atoms with Crippen LogP contribution in [-0.4, -0.2) is 31.1 Å². The van der Waals surface area contributed by atoms with Crippen LogP contribution in [0.4, 0.5) is 5.69 Å².